The highest BCUT2D eigenvalue weighted by Gasteiger charge is 2.15. The molecule has 0 aliphatic rings. The van der Waals surface area contributed by atoms with Crippen LogP contribution in [0.3, 0.4) is 0 Å². The van der Waals surface area contributed by atoms with E-state index in [9.17, 15) is 0 Å². The molecule has 0 fully saturated rings. The van der Waals surface area contributed by atoms with Gasteiger partial charge in [-0.3, -0.25) is 0 Å². The fourth-order valence-electron chi connectivity index (χ4n) is 4.81. The van der Waals surface area contributed by atoms with Crippen LogP contribution in [0.2, 0.25) is 5.02 Å². The first-order chi connectivity index (χ1) is 17.7. The summed E-state index contributed by atoms with van der Waals surface area (Å²) in [5.74, 6) is 0.672. The largest absolute Gasteiger partial charge is 0.456 e. The lowest BCUT2D eigenvalue weighted by molar-refractivity contribution is 0.669. The van der Waals surface area contributed by atoms with E-state index in [-0.39, 0.29) is 0 Å². The van der Waals surface area contributed by atoms with Crippen molar-refractivity contribution in [1.29, 1.82) is 0 Å². The van der Waals surface area contributed by atoms with Gasteiger partial charge in [0.1, 0.15) is 11.2 Å². The van der Waals surface area contributed by atoms with E-state index < -0.39 is 0 Å². The molecule has 7 rings (SSSR count). The molecule has 2 heterocycles. The van der Waals surface area contributed by atoms with Gasteiger partial charge in [-0.15, -0.1) is 0 Å². The summed E-state index contributed by atoms with van der Waals surface area (Å²) in [6, 6.07) is 38.7. The number of aromatic nitrogens is 2. The maximum Gasteiger partial charge on any atom is 0.160 e. The highest BCUT2D eigenvalue weighted by molar-refractivity contribution is 6.30. The predicted molar refractivity (Wildman–Crippen MR) is 148 cm³/mol. The van der Waals surface area contributed by atoms with E-state index in [1.54, 1.807) is 0 Å². The Morgan fingerprint density at radius 1 is 0.528 bits per heavy atom. The van der Waals surface area contributed by atoms with Gasteiger partial charge in [-0.1, -0.05) is 84.4 Å². The Hall–Kier alpha value is -4.47. The summed E-state index contributed by atoms with van der Waals surface area (Å²) in [5, 5.41) is 5.24. The molecule has 3 nitrogen and oxygen atoms in total. The molecule has 2 aromatic heterocycles. The van der Waals surface area contributed by atoms with E-state index in [0.29, 0.717) is 10.8 Å². The van der Waals surface area contributed by atoms with E-state index in [0.717, 1.165) is 50.0 Å². The third-order valence-corrected chi connectivity index (χ3v) is 6.77. The van der Waals surface area contributed by atoms with Crippen molar-refractivity contribution in [2.24, 2.45) is 0 Å². The van der Waals surface area contributed by atoms with Gasteiger partial charge in [0.05, 0.1) is 11.4 Å². The lowest BCUT2D eigenvalue weighted by Gasteiger charge is -2.10. The molecule has 0 unspecified atom stereocenters. The molecule has 4 heteroatoms. The monoisotopic (exact) mass is 482 g/mol. The van der Waals surface area contributed by atoms with Crippen LogP contribution in [0.15, 0.2) is 120 Å². The number of rotatable bonds is 3. The summed E-state index contributed by atoms with van der Waals surface area (Å²) in [7, 11) is 0. The molecule has 0 spiro atoms. The molecular formula is C32H19ClN2O. The van der Waals surface area contributed by atoms with E-state index in [1.807, 2.05) is 72.8 Å². The molecule has 5 aromatic carbocycles. The molecule has 0 saturated heterocycles. The number of nitrogens with zero attached hydrogens (tertiary/aromatic N) is 2. The van der Waals surface area contributed by atoms with E-state index >= 15 is 0 Å². The molecule has 170 valence electrons. The normalized spacial score (nSPS) is 11.5. The first kappa shape index (κ1) is 20.9. The van der Waals surface area contributed by atoms with Crippen molar-refractivity contribution < 1.29 is 4.42 Å². The summed E-state index contributed by atoms with van der Waals surface area (Å²) in [6.07, 6.45) is 0. The lowest BCUT2D eigenvalue weighted by atomic mass is 10.0. The average Bonchev–Trinajstić information content (AvgIpc) is 3.32. The molecule has 7 aromatic rings. The number of hydrogen-bond acceptors (Lipinski definition) is 3. The predicted octanol–water partition coefficient (Wildman–Crippen LogP) is 9.18. The van der Waals surface area contributed by atoms with Gasteiger partial charge in [-0.2, -0.15) is 0 Å². The SMILES string of the molecule is Clc1cccc(-c2cc(-c3ccc4oc5ccc6ccccc6c5c4c3)nc(-c3ccccc3)n2)c1. The first-order valence-corrected chi connectivity index (χ1v) is 12.2. The van der Waals surface area contributed by atoms with Gasteiger partial charge in [0.2, 0.25) is 0 Å². The number of benzene rings is 5. The first-order valence-electron chi connectivity index (χ1n) is 11.8. The van der Waals surface area contributed by atoms with Gasteiger partial charge < -0.3 is 4.42 Å². The molecule has 0 aliphatic heterocycles. The molecule has 0 radical (unpaired) electrons. The van der Waals surface area contributed by atoms with Gasteiger partial charge in [-0.05, 0) is 53.2 Å². The van der Waals surface area contributed by atoms with Gasteiger partial charge in [-0.25, -0.2) is 9.97 Å². The minimum atomic E-state index is 0.672. The summed E-state index contributed by atoms with van der Waals surface area (Å²) in [6.45, 7) is 0. The van der Waals surface area contributed by atoms with Crippen LogP contribution in [0.25, 0.3) is 66.6 Å². The number of fused-ring (bicyclic) bond motifs is 5. The zero-order chi connectivity index (χ0) is 24.1. The molecule has 36 heavy (non-hydrogen) atoms. The topological polar surface area (TPSA) is 38.9 Å². The van der Waals surface area contributed by atoms with Crippen LogP contribution in [-0.2, 0) is 0 Å². The highest BCUT2D eigenvalue weighted by Crippen LogP contribution is 2.37. The van der Waals surface area contributed by atoms with Crippen LogP contribution in [-0.4, -0.2) is 9.97 Å². The van der Waals surface area contributed by atoms with Crippen molar-refractivity contribution in [1.82, 2.24) is 9.97 Å². The molecule has 0 aliphatic carbocycles. The number of furan rings is 1. The van der Waals surface area contributed by atoms with Crippen LogP contribution in [0.4, 0.5) is 0 Å². The third kappa shape index (κ3) is 3.53. The fraction of sp³-hybridized carbons (Fsp3) is 0. The van der Waals surface area contributed by atoms with Gasteiger partial charge in [0.25, 0.3) is 0 Å². The smallest absolute Gasteiger partial charge is 0.160 e. The van der Waals surface area contributed by atoms with Crippen molar-refractivity contribution in [2.45, 2.75) is 0 Å². The Morgan fingerprint density at radius 3 is 2.08 bits per heavy atom. The minimum Gasteiger partial charge on any atom is -0.456 e. The second-order valence-electron chi connectivity index (χ2n) is 8.81. The van der Waals surface area contributed by atoms with Crippen molar-refractivity contribution >= 4 is 44.3 Å². The van der Waals surface area contributed by atoms with Crippen LogP contribution >= 0.6 is 11.6 Å². The minimum absolute atomic E-state index is 0.672. The zero-order valence-corrected chi connectivity index (χ0v) is 19.9. The standard InChI is InChI=1S/C32H19ClN2O/c33-24-11-6-10-22(17-24)27-19-28(35-32(34-27)21-8-2-1-3-9-21)23-14-15-29-26(18-23)31-25-12-5-4-7-20(25)13-16-30(31)36-29/h1-19H. The Bertz CT molecular complexity index is 1910. The van der Waals surface area contributed by atoms with Crippen LogP contribution in [0.5, 0.6) is 0 Å². The van der Waals surface area contributed by atoms with Crippen molar-refractivity contribution in [3.63, 3.8) is 0 Å². The summed E-state index contributed by atoms with van der Waals surface area (Å²) in [5.41, 5.74) is 6.32. The number of halogens is 1. The van der Waals surface area contributed by atoms with Gasteiger partial charge in [0.15, 0.2) is 5.82 Å². The van der Waals surface area contributed by atoms with E-state index in [2.05, 4.69) is 42.5 Å². The Labute approximate surface area is 212 Å². The average molecular weight is 483 g/mol. The number of hydrogen-bond donors (Lipinski definition) is 0. The second-order valence-corrected chi connectivity index (χ2v) is 9.25. The molecule has 0 atom stereocenters. The summed E-state index contributed by atoms with van der Waals surface area (Å²) < 4.78 is 6.20. The van der Waals surface area contributed by atoms with Gasteiger partial charge >= 0.3 is 0 Å². The van der Waals surface area contributed by atoms with Crippen LogP contribution in [0, 0.1) is 0 Å². The second kappa shape index (κ2) is 8.33. The van der Waals surface area contributed by atoms with Gasteiger partial charge in [0, 0.05) is 32.5 Å². The Morgan fingerprint density at radius 2 is 1.25 bits per heavy atom. The summed E-state index contributed by atoms with van der Waals surface area (Å²) >= 11 is 6.31. The van der Waals surface area contributed by atoms with E-state index in [4.69, 9.17) is 26.0 Å². The lowest BCUT2D eigenvalue weighted by Crippen LogP contribution is -1.95. The molecule has 0 saturated carbocycles. The maximum atomic E-state index is 6.31. The maximum absolute atomic E-state index is 6.31. The Balaban J connectivity index is 1.48. The highest BCUT2D eigenvalue weighted by atomic mass is 35.5. The molecule has 0 N–H and O–H groups in total. The summed E-state index contributed by atoms with van der Waals surface area (Å²) in [4.78, 5) is 9.88. The quantitative estimate of drug-likeness (QED) is 0.252. The van der Waals surface area contributed by atoms with E-state index in [1.165, 1.54) is 10.8 Å². The molecular weight excluding hydrogens is 464 g/mol. The fourth-order valence-corrected chi connectivity index (χ4v) is 5.00. The zero-order valence-electron chi connectivity index (χ0n) is 19.2. The van der Waals surface area contributed by atoms with Crippen LogP contribution < -0.4 is 0 Å². The Kier molecular flexibility index (Phi) is 4.83. The van der Waals surface area contributed by atoms with Crippen LogP contribution in [0.1, 0.15) is 0 Å². The molecule has 0 amide bonds. The molecule has 0 bridgehead atoms. The third-order valence-electron chi connectivity index (χ3n) is 6.53. The van der Waals surface area contributed by atoms with Crippen molar-refractivity contribution in [3.8, 4) is 33.9 Å². The van der Waals surface area contributed by atoms with Crippen molar-refractivity contribution in [2.75, 3.05) is 0 Å². The van der Waals surface area contributed by atoms with Crippen molar-refractivity contribution in [3.05, 3.63) is 120 Å².